The molecule has 0 unspecified atom stereocenters. The average molecular weight is 502 g/mol. The number of ether oxygens (including phenoxy) is 1. The Balaban J connectivity index is 1.32. The van der Waals surface area contributed by atoms with Crippen LogP contribution in [0.5, 0.6) is 0 Å². The summed E-state index contributed by atoms with van der Waals surface area (Å²) in [5.74, 6) is 1.61. The van der Waals surface area contributed by atoms with Crippen LogP contribution in [-0.2, 0) is 16.1 Å². The lowest BCUT2D eigenvalue weighted by Crippen LogP contribution is -2.52. The molecule has 0 aliphatic heterocycles. The summed E-state index contributed by atoms with van der Waals surface area (Å²) in [5, 5.41) is 11.3. The molecule has 1 aromatic carbocycles. The smallest absolute Gasteiger partial charge is 0.169 e. The fourth-order valence-electron chi connectivity index (χ4n) is 8.21. The Hall–Kier alpha value is -0.970. The highest BCUT2D eigenvalue weighted by Gasteiger charge is 2.60. The molecule has 32 heavy (non-hydrogen) atoms. The molecule has 3 fully saturated rings. The maximum Gasteiger partial charge on any atom is 0.169 e. The van der Waals surface area contributed by atoms with E-state index in [2.05, 4.69) is 35.9 Å². The largest absolute Gasteiger partial charge is 0.365 e. The molecule has 0 bridgehead atoms. The Bertz CT molecular complexity index is 923. The van der Waals surface area contributed by atoms with E-state index < -0.39 is 5.79 Å². The van der Waals surface area contributed by atoms with E-state index in [4.69, 9.17) is 4.74 Å². The topological polar surface area (TPSA) is 46.5 Å². The number of fused-ring (bicyclic) bond motifs is 5. The van der Waals surface area contributed by atoms with Crippen LogP contribution in [0.4, 0.5) is 0 Å². The molecular weight excluding hydrogens is 464 g/mol. The molecule has 7 atom stereocenters. The lowest BCUT2D eigenvalue weighted by Gasteiger charge is -2.58. The highest BCUT2D eigenvalue weighted by molar-refractivity contribution is 9.10. The van der Waals surface area contributed by atoms with Gasteiger partial charge in [0.2, 0.25) is 0 Å². The lowest BCUT2D eigenvalue weighted by atomic mass is 9.47. The van der Waals surface area contributed by atoms with Gasteiger partial charge in [0.25, 0.3) is 0 Å². The first-order valence-corrected chi connectivity index (χ1v) is 13.2. The molecule has 0 amide bonds. The Morgan fingerprint density at radius 3 is 2.56 bits per heavy atom. The van der Waals surface area contributed by atoms with Gasteiger partial charge in [0, 0.05) is 23.2 Å². The van der Waals surface area contributed by atoms with Gasteiger partial charge in [0.15, 0.2) is 5.79 Å². The summed E-state index contributed by atoms with van der Waals surface area (Å²) in [6, 6.07) is 8.11. The van der Waals surface area contributed by atoms with Crippen LogP contribution >= 0.6 is 15.9 Å². The fourth-order valence-corrected chi connectivity index (χ4v) is 8.47. The zero-order chi connectivity index (χ0) is 22.7. The van der Waals surface area contributed by atoms with E-state index in [-0.39, 0.29) is 16.7 Å². The van der Waals surface area contributed by atoms with E-state index >= 15 is 0 Å². The van der Waals surface area contributed by atoms with Gasteiger partial charge in [-0.05, 0) is 91.7 Å². The van der Waals surface area contributed by atoms with Crippen molar-refractivity contribution in [3.63, 3.8) is 0 Å². The number of hydrogen-bond donors (Lipinski definition) is 1. The van der Waals surface area contributed by atoms with Gasteiger partial charge in [-0.2, -0.15) is 0 Å². The summed E-state index contributed by atoms with van der Waals surface area (Å²) in [6.07, 6.45) is 10.5. The number of allylic oxidation sites excluding steroid dienone is 1. The van der Waals surface area contributed by atoms with Gasteiger partial charge < -0.3 is 9.84 Å². The van der Waals surface area contributed by atoms with Crippen molar-refractivity contribution in [3.8, 4) is 0 Å². The monoisotopic (exact) mass is 500 g/mol. The van der Waals surface area contributed by atoms with Crippen molar-refractivity contribution in [2.75, 3.05) is 0 Å². The SMILES string of the molecule is CC(=O)[C@H]1CC[C@H]2[C@@H]3CC=C4C[C@@](O)(OCc5ccc(Br)cc5)CC[C@]4(C)[C@H]3CC[C@]12C. The number of benzene rings is 1. The predicted octanol–water partition coefficient (Wildman–Crippen LogP) is 6.82. The van der Waals surface area contributed by atoms with Crippen LogP contribution in [0.1, 0.15) is 77.7 Å². The third-order valence-corrected chi connectivity index (χ3v) is 10.6. The van der Waals surface area contributed by atoms with Crippen molar-refractivity contribution in [3.05, 3.63) is 46.0 Å². The van der Waals surface area contributed by atoms with E-state index in [9.17, 15) is 9.90 Å². The van der Waals surface area contributed by atoms with Crippen LogP contribution < -0.4 is 0 Å². The molecule has 3 nitrogen and oxygen atoms in total. The van der Waals surface area contributed by atoms with Crippen LogP contribution in [0.15, 0.2) is 40.4 Å². The van der Waals surface area contributed by atoms with Gasteiger partial charge in [0.05, 0.1) is 6.61 Å². The third-order valence-electron chi connectivity index (χ3n) is 10.0. The summed E-state index contributed by atoms with van der Waals surface area (Å²) in [6.45, 7) is 7.10. The molecule has 0 aromatic heterocycles. The molecule has 0 spiro atoms. The molecule has 0 saturated heterocycles. The van der Waals surface area contributed by atoms with E-state index in [1.54, 1.807) is 6.92 Å². The highest BCUT2D eigenvalue weighted by atomic mass is 79.9. The quantitative estimate of drug-likeness (QED) is 0.364. The first kappa shape index (κ1) is 22.8. The molecule has 0 radical (unpaired) electrons. The van der Waals surface area contributed by atoms with Crippen LogP contribution in [0.2, 0.25) is 0 Å². The van der Waals surface area contributed by atoms with Crippen LogP contribution in [0.3, 0.4) is 0 Å². The van der Waals surface area contributed by atoms with E-state index in [1.807, 2.05) is 24.3 Å². The van der Waals surface area contributed by atoms with Crippen molar-refractivity contribution < 1.29 is 14.6 Å². The third kappa shape index (κ3) is 3.65. The van der Waals surface area contributed by atoms with E-state index in [0.717, 1.165) is 29.3 Å². The molecule has 174 valence electrons. The maximum atomic E-state index is 12.4. The summed E-state index contributed by atoms with van der Waals surface area (Å²) in [7, 11) is 0. The predicted molar refractivity (Wildman–Crippen MR) is 130 cm³/mol. The van der Waals surface area contributed by atoms with Gasteiger partial charge in [-0.1, -0.05) is 53.6 Å². The number of carbonyl (C=O) groups excluding carboxylic acids is 1. The minimum atomic E-state index is -1.07. The van der Waals surface area contributed by atoms with Crippen molar-refractivity contribution in [1.82, 2.24) is 0 Å². The van der Waals surface area contributed by atoms with Gasteiger partial charge in [0.1, 0.15) is 5.78 Å². The Morgan fingerprint density at radius 2 is 1.84 bits per heavy atom. The molecule has 0 heterocycles. The second-order valence-corrected chi connectivity index (χ2v) is 12.5. The molecule has 1 aromatic rings. The number of aliphatic hydroxyl groups is 1. The van der Waals surface area contributed by atoms with Gasteiger partial charge in [-0.25, -0.2) is 0 Å². The molecule has 4 aliphatic rings. The minimum absolute atomic E-state index is 0.158. The zero-order valence-corrected chi connectivity index (χ0v) is 21.3. The fraction of sp³-hybridized carbons (Fsp3) is 0.679. The highest BCUT2D eigenvalue weighted by Crippen LogP contribution is 2.66. The van der Waals surface area contributed by atoms with Crippen molar-refractivity contribution in [2.24, 2.45) is 34.5 Å². The molecule has 4 heteroatoms. The van der Waals surface area contributed by atoms with Gasteiger partial charge in [-0.15, -0.1) is 0 Å². The van der Waals surface area contributed by atoms with Gasteiger partial charge in [-0.3, -0.25) is 4.79 Å². The summed E-state index contributed by atoms with van der Waals surface area (Å²) in [4.78, 5) is 12.4. The summed E-state index contributed by atoms with van der Waals surface area (Å²) in [5.41, 5.74) is 2.84. The summed E-state index contributed by atoms with van der Waals surface area (Å²) < 4.78 is 7.17. The average Bonchev–Trinajstić information content (AvgIpc) is 3.12. The Kier molecular flexibility index (Phi) is 5.74. The van der Waals surface area contributed by atoms with Crippen LogP contribution in [0, 0.1) is 34.5 Å². The summed E-state index contributed by atoms with van der Waals surface area (Å²) >= 11 is 3.47. The zero-order valence-electron chi connectivity index (χ0n) is 19.7. The normalized spacial score (nSPS) is 43.1. The molecular formula is C28H37BrO3. The standard InChI is InChI=1S/C28H37BrO3/c1-18(30)23-10-11-24-22-9-6-20-16-28(31,32-17-19-4-7-21(29)8-5-19)15-14-26(20,2)25(22)12-13-27(23,24)3/h4-8,22-25,31H,9-17H2,1-3H3/t22-,23+,24-,25-,26-,27+,28-/m0/s1. The number of rotatable bonds is 4. The molecule has 3 saturated carbocycles. The second-order valence-electron chi connectivity index (χ2n) is 11.6. The first-order chi connectivity index (χ1) is 15.1. The first-order valence-electron chi connectivity index (χ1n) is 12.5. The van der Waals surface area contributed by atoms with Crippen LogP contribution in [-0.4, -0.2) is 16.7 Å². The van der Waals surface area contributed by atoms with E-state index in [0.29, 0.717) is 43.0 Å². The van der Waals surface area contributed by atoms with Crippen molar-refractivity contribution in [2.45, 2.75) is 84.5 Å². The minimum Gasteiger partial charge on any atom is -0.365 e. The number of halogens is 1. The lowest BCUT2D eigenvalue weighted by molar-refractivity contribution is -0.231. The van der Waals surface area contributed by atoms with Gasteiger partial charge >= 0.3 is 0 Å². The number of carbonyl (C=O) groups is 1. The molecule has 4 aliphatic carbocycles. The Morgan fingerprint density at radius 1 is 1.09 bits per heavy atom. The molecule has 1 N–H and O–H groups in total. The number of Topliss-reactive ketones (excluding diaryl/α,β-unsaturated/α-hetero) is 1. The number of hydrogen-bond acceptors (Lipinski definition) is 3. The number of ketones is 1. The van der Waals surface area contributed by atoms with E-state index in [1.165, 1.54) is 24.8 Å². The van der Waals surface area contributed by atoms with Crippen LogP contribution in [0.25, 0.3) is 0 Å². The second kappa shape index (κ2) is 8.06. The molecule has 5 rings (SSSR count). The maximum absolute atomic E-state index is 12.4. The Labute approximate surface area is 201 Å². The van der Waals surface area contributed by atoms with Crippen molar-refractivity contribution in [1.29, 1.82) is 0 Å². The van der Waals surface area contributed by atoms with Crippen molar-refractivity contribution >= 4 is 21.7 Å².